The lowest BCUT2D eigenvalue weighted by molar-refractivity contribution is -0.133. The topological polar surface area (TPSA) is 140 Å². The second-order valence-corrected chi connectivity index (χ2v) is 9.35. The molecule has 6 N–H and O–H groups in total. The van der Waals surface area contributed by atoms with Crippen molar-refractivity contribution in [3.63, 3.8) is 0 Å². The van der Waals surface area contributed by atoms with Gasteiger partial charge < -0.3 is 31.5 Å². The maximum Gasteiger partial charge on any atom is 0.334 e. The molecule has 2 heterocycles. The monoisotopic (exact) mass is 504 g/mol. The van der Waals surface area contributed by atoms with Crippen LogP contribution in [0.25, 0.3) is 0 Å². The Kier molecular flexibility index (Phi) is 7.93. The van der Waals surface area contributed by atoms with Crippen LogP contribution in [-0.4, -0.2) is 41.3 Å². The average Bonchev–Trinajstić information content (AvgIpc) is 2.86. The van der Waals surface area contributed by atoms with Gasteiger partial charge in [0.25, 0.3) is 0 Å². The summed E-state index contributed by atoms with van der Waals surface area (Å²) in [6, 6.07) is 15.0. The quantitative estimate of drug-likeness (QED) is 0.300. The second kappa shape index (κ2) is 11.3. The van der Waals surface area contributed by atoms with Crippen molar-refractivity contribution in [3.8, 4) is 0 Å². The van der Waals surface area contributed by atoms with Crippen LogP contribution in [0.5, 0.6) is 0 Å². The molecule has 194 valence electrons. The summed E-state index contributed by atoms with van der Waals surface area (Å²) < 4.78 is 0. The van der Waals surface area contributed by atoms with Crippen LogP contribution in [0, 0.1) is 0 Å². The van der Waals surface area contributed by atoms with Crippen molar-refractivity contribution in [3.05, 3.63) is 87.8 Å². The van der Waals surface area contributed by atoms with E-state index in [4.69, 9.17) is 0 Å². The van der Waals surface area contributed by atoms with E-state index >= 15 is 0 Å². The summed E-state index contributed by atoms with van der Waals surface area (Å²) in [6.07, 6.45) is 2.72. The Balaban J connectivity index is 1.39. The molecule has 2 amide bonds. The summed E-state index contributed by atoms with van der Waals surface area (Å²) in [5.74, 6) is -3.38. The normalized spacial score (nSPS) is 17.6. The number of carbonyl (C=O) groups is 3. The number of urea groups is 1. The second-order valence-electron chi connectivity index (χ2n) is 9.35. The molecule has 1 atom stereocenters. The van der Waals surface area contributed by atoms with E-state index in [1.807, 2.05) is 0 Å². The number of nitrogens with one attached hydrogen (secondary N) is 4. The highest BCUT2D eigenvalue weighted by atomic mass is 16.4. The molecule has 0 aromatic heterocycles. The number of aliphatic carboxylic acids is 2. The molecular formula is C28H32N4O5. The highest BCUT2D eigenvalue weighted by molar-refractivity contribution is 5.98. The maximum atomic E-state index is 12.5. The van der Waals surface area contributed by atoms with Gasteiger partial charge in [-0.3, -0.25) is 0 Å². The first-order chi connectivity index (χ1) is 17.8. The van der Waals surface area contributed by atoms with Crippen LogP contribution in [0.4, 0.5) is 10.5 Å². The minimum atomic E-state index is -1.20. The standard InChI is InChI=1S/C28H32N4O5/c1-16-23(26(33)34)25(24(27(35)36)17(2)31-16)19-8-5-9-20(15-19)32-28(37)30-13-6-11-22-21-10-4-3-7-18(21)12-14-29-22/h3-5,7-10,15,22,25,29,31H,6,11-14H2,1-2H3,(H,33,34)(H,35,36)(H2,30,32,37). The van der Waals surface area contributed by atoms with Crippen molar-refractivity contribution in [2.45, 2.75) is 45.1 Å². The smallest absolute Gasteiger partial charge is 0.334 e. The molecule has 0 radical (unpaired) electrons. The van der Waals surface area contributed by atoms with E-state index < -0.39 is 17.9 Å². The molecule has 0 saturated carbocycles. The third-order valence-electron chi connectivity index (χ3n) is 6.87. The number of amides is 2. The van der Waals surface area contributed by atoms with Gasteiger partial charge >= 0.3 is 18.0 Å². The lowest BCUT2D eigenvalue weighted by atomic mass is 9.80. The number of carboxylic acids is 2. The first-order valence-corrected chi connectivity index (χ1v) is 12.4. The zero-order valence-electron chi connectivity index (χ0n) is 20.9. The van der Waals surface area contributed by atoms with Crippen molar-refractivity contribution in [2.24, 2.45) is 0 Å². The fourth-order valence-corrected chi connectivity index (χ4v) is 5.22. The Morgan fingerprint density at radius 2 is 1.68 bits per heavy atom. The van der Waals surface area contributed by atoms with Crippen LogP contribution in [0.15, 0.2) is 71.1 Å². The lowest BCUT2D eigenvalue weighted by Crippen LogP contribution is -2.32. The molecule has 37 heavy (non-hydrogen) atoms. The molecule has 2 aromatic rings. The molecule has 0 bridgehead atoms. The number of benzene rings is 2. The summed E-state index contributed by atoms with van der Waals surface area (Å²) in [4.78, 5) is 36.6. The van der Waals surface area contributed by atoms with Crippen LogP contribution >= 0.6 is 0 Å². The number of allylic oxidation sites excluding steroid dienone is 2. The summed E-state index contributed by atoms with van der Waals surface area (Å²) in [6.45, 7) is 4.65. The minimum Gasteiger partial charge on any atom is -0.478 e. The average molecular weight is 505 g/mol. The van der Waals surface area contributed by atoms with Crippen molar-refractivity contribution >= 4 is 23.7 Å². The molecular weight excluding hydrogens is 472 g/mol. The van der Waals surface area contributed by atoms with Gasteiger partial charge in [0.1, 0.15) is 0 Å². The lowest BCUT2D eigenvalue weighted by Gasteiger charge is -2.29. The zero-order chi connectivity index (χ0) is 26.5. The molecule has 0 aliphatic carbocycles. The molecule has 0 fully saturated rings. The number of anilines is 1. The molecule has 9 nitrogen and oxygen atoms in total. The fourth-order valence-electron chi connectivity index (χ4n) is 5.22. The number of dihydropyridines is 1. The van der Waals surface area contributed by atoms with Crippen LogP contribution in [0.3, 0.4) is 0 Å². The summed E-state index contributed by atoms with van der Waals surface area (Å²) in [5.41, 5.74) is 4.29. The van der Waals surface area contributed by atoms with E-state index in [1.54, 1.807) is 38.1 Å². The molecule has 0 spiro atoms. The number of rotatable bonds is 8. The van der Waals surface area contributed by atoms with E-state index in [0.717, 1.165) is 25.8 Å². The first kappa shape index (κ1) is 26.0. The maximum absolute atomic E-state index is 12.5. The van der Waals surface area contributed by atoms with Crippen molar-refractivity contribution in [2.75, 3.05) is 18.4 Å². The van der Waals surface area contributed by atoms with Gasteiger partial charge in [0, 0.05) is 29.7 Å². The predicted octanol–water partition coefficient (Wildman–Crippen LogP) is 3.88. The molecule has 2 aliphatic rings. The molecule has 0 saturated heterocycles. The van der Waals surface area contributed by atoms with Gasteiger partial charge in [-0.05, 0) is 68.5 Å². The number of hydrogen-bond acceptors (Lipinski definition) is 5. The van der Waals surface area contributed by atoms with E-state index in [2.05, 4.69) is 45.5 Å². The Morgan fingerprint density at radius 3 is 2.38 bits per heavy atom. The van der Waals surface area contributed by atoms with Crippen LogP contribution in [-0.2, 0) is 16.0 Å². The summed E-state index contributed by atoms with van der Waals surface area (Å²) in [5, 5.41) is 31.7. The van der Waals surface area contributed by atoms with Crippen molar-refractivity contribution in [1.29, 1.82) is 0 Å². The fraction of sp³-hybridized carbons (Fsp3) is 0.321. The molecule has 1 unspecified atom stereocenters. The SMILES string of the molecule is CC1=C(C(=O)O)C(c2cccc(NC(=O)NCCCC3NCCc4ccccc43)c2)C(C(=O)O)=C(C)N1. The van der Waals surface area contributed by atoms with E-state index in [-0.39, 0.29) is 23.2 Å². The van der Waals surface area contributed by atoms with Crippen molar-refractivity contribution in [1.82, 2.24) is 16.0 Å². The molecule has 4 rings (SSSR count). The van der Waals surface area contributed by atoms with Gasteiger partial charge in [0.2, 0.25) is 0 Å². The first-order valence-electron chi connectivity index (χ1n) is 12.4. The van der Waals surface area contributed by atoms with Gasteiger partial charge in [-0.1, -0.05) is 36.4 Å². The largest absolute Gasteiger partial charge is 0.478 e. The van der Waals surface area contributed by atoms with E-state index in [1.165, 1.54) is 11.1 Å². The third kappa shape index (κ3) is 5.83. The van der Waals surface area contributed by atoms with E-state index in [0.29, 0.717) is 29.2 Å². The van der Waals surface area contributed by atoms with Crippen LogP contribution in [0.2, 0.25) is 0 Å². The number of carboxylic acid groups (broad SMARTS) is 2. The van der Waals surface area contributed by atoms with Crippen molar-refractivity contribution < 1.29 is 24.6 Å². The Morgan fingerprint density at radius 1 is 0.973 bits per heavy atom. The van der Waals surface area contributed by atoms with Gasteiger partial charge in [-0.2, -0.15) is 0 Å². The van der Waals surface area contributed by atoms with Crippen LogP contribution in [0.1, 0.15) is 55.3 Å². The third-order valence-corrected chi connectivity index (χ3v) is 6.87. The highest BCUT2D eigenvalue weighted by Crippen LogP contribution is 2.39. The van der Waals surface area contributed by atoms with Gasteiger partial charge in [-0.15, -0.1) is 0 Å². The predicted molar refractivity (Wildman–Crippen MR) is 140 cm³/mol. The zero-order valence-corrected chi connectivity index (χ0v) is 20.9. The van der Waals surface area contributed by atoms with Crippen LogP contribution < -0.4 is 21.3 Å². The molecule has 2 aliphatic heterocycles. The minimum absolute atomic E-state index is 0.0394. The summed E-state index contributed by atoms with van der Waals surface area (Å²) >= 11 is 0. The van der Waals surface area contributed by atoms with Gasteiger partial charge in [0.05, 0.1) is 17.1 Å². The van der Waals surface area contributed by atoms with Gasteiger partial charge in [-0.25, -0.2) is 14.4 Å². The highest BCUT2D eigenvalue weighted by Gasteiger charge is 2.36. The van der Waals surface area contributed by atoms with Gasteiger partial charge in [0.15, 0.2) is 0 Å². The number of carbonyl (C=O) groups excluding carboxylic acids is 1. The Hall–Kier alpha value is -4.11. The summed E-state index contributed by atoms with van der Waals surface area (Å²) in [7, 11) is 0. The molecule has 9 heteroatoms. The molecule has 2 aromatic carbocycles. The Bertz CT molecular complexity index is 1250. The Labute approximate surface area is 215 Å². The van der Waals surface area contributed by atoms with E-state index in [9.17, 15) is 24.6 Å². The number of hydrogen-bond donors (Lipinski definition) is 6. The number of fused-ring (bicyclic) bond motifs is 1.